The minimum absolute atomic E-state index is 0.0158. The Morgan fingerprint density at radius 1 is 1.16 bits per heavy atom. The zero-order valence-corrected chi connectivity index (χ0v) is 18.3. The van der Waals surface area contributed by atoms with Crippen molar-refractivity contribution in [1.29, 1.82) is 0 Å². The van der Waals surface area contributed by atoms with Gasteiger partial charge in [-0.05, 0) is 65.5 Å². The van der Waals surface area contributed by atoms with E-state index < -0.39 is 11.9 Å². The molecular weight excluding hydrogens is 477 g/mol. The molecule has 10 heteroatoms. The van der Waals surface area contributed by atoms with Crippen molar-refractivity contribution in [3.63, 3.8) is 0 Å². The highest BCUT2D eigenvalue weighted by atomic mass is 79.9. The maximum atomic E-state index is 13.8. The summed E-state index contributed by atoms with van der Waals surface area (Å²) in [6.07, 6.45) is -1.79. The first-order valence-corrected chi connectivity index (χ1v) is 10.6. The number of carbonyl (C=O) groups excluding carboxylic acids is 1. The van der Waals surface area contributed by atoms with Gasteiger partial charge in [0.05, 0.1) is 29.4 Å². The van der Waals surface area contributed by atoms with Crippen LogP contribution in [0, 0.1) is 0 Å². The van der Waals surface area contributed by atoms with E-state index in [1.165, 1.54) is 7.11 Å². The van der Waals surface area contributed by atoms with Crippen LogP contribution in [-0.4, -0.2) is 45.6 Å². The van der Waals surface area contributed by atoms with E-state index in [0.717, 1.165) is 29.8 Å². The largest absolute Gasteiger partial charge is 0.497 e. The van der Waals surface area contributed by atoms with Crippen LogP contribution in [0.15, 0.2) is 34.8 Å². The van der Waals surface area contributed by atoms with E-state index in [9.17, 15) is 18.0 Å². The third-order valence-corrected chi connectivity index (χ3v) is 6.11. The number of piperidine rings is 1. The molecule has 0 unspecified atom stereocenters. The van der Waals surface area contributed by atoms with Gasteiger partial charge in [-0.2, -0.15) is 18.3 Å². The number of ether oxygens (including phenoxy) is 1. The molecule has 1 amide bonds. The number of amides is 1. The summed E-state index contributed by atoms with van der Waals surface area (Å²) in [5.41, 5.74) is -0.0481. The molecule has 2 aromatic heterocycles. The van der Waals surface area contributed by atoms with E-state index in [-0.39, 0.29) is 29.4 Å². The van der Waals surface area contributed by atoms with Crippen molar-refractivity contribution in [2.45, 2.75) is 31.9 Å². The zero-order valence-electron chi connectivity index (χ0n) is 16.7. The molecular formula is C21H20BrF3N4O2. The van der Waals surface area contributed by atoms with Crippen LogP contribution < -0.4 is 4.74 Å². The summed E-state index contributed by atoms with van der Waals surface area (Å²) in [4.78, 5) is 18.8. The number of hydrogen-bond donors (Lipinski definition) is 0. The van der Waals surface area contributed by atoms with Gasteiger partial charge in [0.15, 0.2) is 11.3 Å². The topological polar surface area (TPSA) is 59.7 Å². The average molecular weight is 497 g/mol. The van der Waals surface area contributed by atoms with Crippen LogP contribution >= 0.6 is 15.9 Å². The molecule has 1 aromatic carbocycles. The van der Waals surface area contributed by atoms with Crippen LogP contribution in [0.5, 0.6) is 5.75 Å². The van der Waals surface area contributed by atoms with Crippen molar-refractivity contribution in [1.82, 2.24) is 19.5 Å². The molecule has 164 valence electrons. The van der Waals surface area contributed by atoms with Crippen molar-refractivity contribution >= 4 is 27.5 Å². The number of likely N-dealkylation sites (tertiary alicyclic amines) is 1. The lowest BCUT2D eigenvalue weighted by Gasteiger charge is -2.26. The van der Waals surface area contributed by atoms with Crippen molar-refractivity contribution < 1.29 is 22.7 Å². The fraction of sp³-hybridized carbons (Fsp3) is 0.381. The molecule has 3 aromatic rings. The number of rotatable bonds is 4. The number of halogens is 4. The molecule has 0 N–H and O–H groups in total. The van der Waals surface area contributed by atoms with E-state index in [4.69, 9.17) is 4.74 Å². The summed E-state index contributed by atoms with van der Waals surface area (Å²) in [5.74, 6) is 0.442. The maximum Gasteiger partial charge on any atom is 0.433 e. The third-order valence-electron chi connectivity index (χ3n) is 5.30. The van der Waals surface area contributed by atoms with Gasteiger partial charge >= 0.3 is 6.18 Å². The highest BCUT2D eigenvalue weighted by molar-refractivity contribution is 9.10. The summed E-state index contributed by atoms with van der Waals surface area (Å²) in [6.45, 7) is 1.33. The lowest BCUT2D eigenvalue weighted by atomic mass is 10.1. The molecule has 0 atom stereocenters. The van der Waals surface area contributed by atoms with Gasteiger partial charge in [0.1, 0.15) is 5.75 Å². The summed E-state index contributed by atoms with van der Waals surface area (Å²) in [5, 5.41) is 4.10. The van der Waals surface area contributed by atoms with Gasteiger partial charge in [-0.25, -0.2) is 9.50 Å². The zero-order chi connectivity index (χ0) is 22.2. The number of methoxy groups -OCH3 is 1. The van der Waals surface area contributed by atoms with E-state index in [0.29, 0.717) is 28.9 Å². The molecule has 1 aliphatic heterocycles. The fourth-order valence-corrected chi connectivity index (χ4v) is 4.13. The summed E-state index contributed by atoms with van der Waals surface area (Å²) in [7, 11) is 1.51. The number of aromatic nitrogens is 3. The molecule has 0 saturated carbocycles. The first-order chi connectivity index (χ1) is 14.8. The van der Waals surface area contributed by atoms with Crippen LogP contribution in [0.2, 0.25) is 0 Å². The van der Waals surface area contributed by atoms with E-state index in [1.54, 1.807) is 29.2 Å². The van der Waals surface area contributed by atoms with Gasteiger partial charge < -0.3 is 9.64 Å². The Hall–Kier alpha value is -2.62. The second-order valence-corrected chi connectivity index (χ2v) is 8.16. The second kappa shape index (κ2) is 8.49. The third kappa shape index (κ3) is 4.39. The van der Waals surface area contributed by atoms with Crippen molar-refractivity contribution in [2.24, 2.45) is 0 Å². The van der Waals surface area contributed by atoms with Crippen molar-refractivity contribution in [3.05, 3.63) is 46.2 Å². The van der Waals surface area contributed by atoms with Gasteiger partial charge in [0.2, 0.25) is 5.91 Å². The van der Waals surface area contributed by atoms with Crippen molar-refractivity contribution in [3.8, 4) is 17.0 Å². The van der Waals surface area contributed by atoms with Gasteiger partial charge in [-0.3, -0.25) is 4.79 Å². The van der Waals surface area contributed by atoms with Crippen molar-refractivity contribution in [2.75, 3.05) is 20.2 Å². The standard InChI is InChI=1S/C21H20BrF3N4O2/c1-31-14-7-5-13(6-8-14)15-11-17(21(23,24)25)29-20(26-15)19(22)16(27-29)12-18(30)28-9-3-2-4-10-28/h5-8,11H,2-4,9-10,12H2,1H3. The molecule has 0 radical (unpaired) electrons. The lowest BCUT2D eigenvalue weighted by Crippen LogP contribution is -2.36. The Kier molecular flexibility index (Phi) is 5.92. The monoisotopic (exact) mass is 496 g/mol. The number of benzene rings is 1. The molecule has 1 saturated heterocycles. The SMILES string of the molecule is COc1ccc(-c2cc(C(F)(F)F)n3nc(CC(=O)N4CCCCC4)c(Br)c3n2)cc1. The molecule has 4 rings (SSSR count). The van der Waals surface area contributed by atoms with E-state index >= 15 is 0 Å². The Balaban J connectivity index is 1.77. The summed E-state index contributed by atoms with van der Waals surface area (Å²) >= 11 is 3.33. The predicted molar refractivity (Wildman–Crippen MR) is 112 cm³/mol. The second-order valence-electron chi connectivity index (χ2n) is 7.37. The van der Waals surface area contributed by atoms with Gasteiger partial charge in [-0.15, -0.1) is 0 Å². The molecule has 0 bridgehead atoms. The lowest BCUT2D eigenvalue weighted by molar-refractivity contribution is -0.142. The predicted octanol–water partition coefficient (Wildman–Crippen LogP) is 4.74. The van der Waals surface area contributed by atoms with Gasteiger partial charge in [0.25, 0.3) is 0 Å². The first kappa shape index (κ1) is 21.6. The molecule has 0 aliphatic carbocycles. The Labute approximate surface area is 185 Å². The van der Waals surface area contributed by atoms with Crippen LogP contribution in [0.1, 0.15) is 30.7 Å². The number of hydrogen-bond acceptors (Lipinski definition) is 4. The number of carbonyl (C=O) groups is 1. The van der Waals surface area contributed by atoms with Crippen LogP contribution in [0.3, 0.4) is 0 Å². The van der Waals surface area contributed by atoms with Crippen LogP contribution in [-0.2, 0) is 17.4 Å². The normalized spacial score (nSPS) is 14.8. The number of fused-ring (bicyclic) bond motifs is 1. The first-order valence-electron chi connectivity index (χ1n) is 9.85. The highest BCUT2D eigenvalue weighted by Gasteiger charge is 2.36. The fourth-order valence-electron chi connectivity index (χ4n) is 3.66. The number of alkyl halides is 3. The number of nitrogens with zero attached hydrogens (tertiary/aromatic N) is 4. The Morgan fingerprint density at radius 2 is 1.84 bits per heavy atom. The smallest absolute Gasteiger partial charge is 0.433 e. The van der Waals surface area contributed by atoms with Gasteiger partial charge in [-0.1, -0.05) is 0 Å². The van der Waals surface area contributed by atoms with E-state index in [2.05, 4.69) is 26.0 Å². The molecule has 6 nitrogen and oxygen atoms in total. The minimum Gasteiger partial charge on any atom is -0.497 e. The maximum absolute atomic E-state index is 13.8. The average Bonchev–Trinajstić information content (AvgIpc) is 3.08. The molecule has 1 fully saturated rings. The van der Waals surface area contributed by atoms with E-state index in [1.807, 2.05) is 0 Å². The highest BCUT2D eigenvalue weighted by Crippen LogP contribution is 2.35. The summed E-state index contributed by atoms with van der Waals surface area (Å²) < 4.78 is 47.6. The Bertz CT molecular complexity index is 1110. The molecule has 31 heavy (non-hydrogen) atoms. The molecule has 0 spiro atoms. The van der Waals surface area contributed by atoms with Crippen LogP contribution in [0.4, 0.5) is 13.2 Å². The quantitative estimate of drug-likeness (QED) is 0.523. The summed E-state index contributed by atoms with van der Waals surface area (Å²) in [6, 6.07) is 7.56. The molecule has 3 heterocycles. The van der Waals surface area contributed by atoms with Gasteiger partial charge in [0, 0.05) is 18.7 Å². The molecule has 1 aliphatic rings. The van der Waals surface area contributed by atoms with Crippen LogP contribution in [0.25, 0.3) is 16.9 Å². The Morgan fingerprint density at radius 3 is 2.45 bits per heavy atom. The minimum atomic E-state index is -4.65.